The Morgan fingerprint density at radius 1 is 1.25 bits per heavy atom. The van der Waals surface area contributed by atoms with Crippen molar-refractivity contribution in [2.24, 2.45) is 5.73 Å². The van der Waals surface area contributed by atoms with Crippen LogP contribution in [0.2, 0.25) is 0 Å². The lowest BCUT2D eigenvalue weighted by atomic mass is 9.82. The van der Waals surface area contributed by atoms with Crippen molar-refractivity contribution in [3.8, 4) is 0 Å². The lowest BCUT2D eigenvalue weighted by Crippen LogP contribution is -2.34. The summed E-state index contributed by atoms with van der Waals surface area (Å²) in [5.41, 5.74) is 5.71. The molecule has 1 heterocycles. The molecule has 0 bridgehead atoms. The van der Waals surface area contributed by atoms with Crippen molar-refractivity contribution < 1.29 is 4.52 Å². The van der Waals surface area contributed by atoms with Gasteiger partial charge in [-0.05, 0) is 19.3 Å². The molecule has 1 rings (SSSR count). The van der Waals surface area contributed by atoms with Crippen LogP contribution in [0.3, 0.4) is 0 Å². The molecule has 4 nitrogen and oxygen atoms in total. The van der Waals surface area contributed by atoms with Gasteiger partial charge in [0.05, 0.1) is 5.41 Å². The number of unbranched alkanes of at least 4 members (excludes halogenated alkanes) is 1. The van der Waals surface area contributed by atoms with Crippen LogP contribution in [0.4, 0.5) is 0 Å². The summed E-state index contributed by atoms with van der Waals surface area (Å²) in [6, 6.07) is 0. The van der Waals surface area contributed by atoms with Crippen molar-refractivity contribution in [1.82, 2.24) is 10.1 Å². The van der Waals surface area contributed by atoms with E-state index in [1.165, 1.54) is 0 Å². The van der Waals surface area contributed by atoms with Gasteiger partial charge >= 0.3 is 0 Å². The second kappa shape index (κ2) is 5.99. The predicted molar refractivity (Wildman–Crippen MR) is 64.2 cm³/mol. The van der Waals surface area contributed by atoms with Crippen molar-refractivity contribution in [1.29, 1.82) is 0 Å². The van der Waals surface area contributed by atoms with Crippen LogP contribution >= 0.6 is 0 Å². The molecule has 2 N–H and O–H groups in total. The number of hydrogen-bond donors (Lipinski definition) is 1. The number of aryl methyl sites for hydroxylation is 1. The van der Waals surface area contributed by atoms with Crippen LogP contribution < -0.4 is 5.73 Å². The molecular weight excluding hydrogens is 202 g/mol. The van der Waals surface area contributed by atoms with Crippen LogP contribution in [0.5, 0.6) is 0 Å². The first-order valence-corrected chi connectivity index (χ1v) is 6.25. The average Bonchev–Trinajstić information content (AvgIpc) is 2.79. The predicted octanol–water partition coefficient (Wildman–Crippen LogP) is 2.43. The number of aromatic nitrogens is 2. The van der Waals surface area contributed by atoms with E-state index in [-0.39, 0.29) is 5.41 Å². The zero-order valence-corrected chi connectivity index (χ0v) is 10.6. The molecule has 1 aromatic heterocycles. The minimum absolute atomic E-state index is 0.128. The molecule has 1 aromatic rings. The minimum atomic E-state index is -0.128. The highest BCUT2D eigenvalue weighted by Gasteiger charge is 2.33. The molecule has 0 saturated heterocycles. The van der Waals surface area contributed by atoms with Gasteiger partial charge in [-0.1, -0.05) is 32.3 Å². The quantitative estimate of drug-likeness (QED) is 0.774. The van der Waals surface area contributed by atoms with Gasteiger partial charge in [-0.25, -0.2) is 0 Å². The van der Waals surface area contributed by atoms with Crippen LogP contribution in [0.15, 0.2) is 4.52 Å². The Labute approximate surface area is 97.6 Å². The van der Waals surface area contributed by atoms with Gasteiger partial charge in [-0.2, -0.15) is 4.98 Å². The van der Waals surface area contributed by atoms with Gasteiger partial charge in [0, 0.05) is 13.0 Å². The van der Waals surface area contributed by atoms with E-state index in [2.05, 4.69) is 30.9 Å². The molecular formula is C12H23N3O. The SMILES string of the molecule is CCCCc1noc(C(CC)(CC)CN)n1. The number of rotatable bonds is 7. The Morgan fingerprint density at radius 3 is 2.44 bits per heavy atom. The normalized spacial score (nSPS) is 12.0. The van der Waals surface area contributed by atoms with E-state index in [1.807, 2.05) is 0 Å². The highest BCUT2D eigenvalue weighted by Crippen LogP contribution is 2.29. The lowest BCUT2D eigenvalue weighted by molar-refractivity contribution is 0.266. The molecule has 0 aliphatic carbocycles. The molecule has 0 radical (unpaired) electrons. The first kappa shape index (κ1) is 13.2. The summed E-state index contributed by atoms with van der Waals surface area (Å²) < 4.78 is 5.36. The summed E-state index contributed by atoms with van der Waals surface area (Å²) in [6.07, 6.45) is 5.03. The Kier molecular flexibility index (Phi) is 4.93. The Balaban J connectivity index is 2.81. The fraction of sp³-hybridized carbons (Fsp3) is 0.833. The molecule has 0 aliphatic heterocycles. The van der Waals surface area contributed by atoms with Gasteiger partial charge in [0.1, 0.15) is 0 Å². The van der Waals surface area contributed by atoms with E-state index in [9.17, 15) is 0 Å². The molecule has 0 fully saturated rings. The van der Waals surface area contributed by atoms with Crippen molar-refractivity contribution >= 4 is 0 Å². The Bertz CT molecular complexity index is 297. The maximum absolute atomic E-state index is 5.84. The van der Waals surface area contributed by atoms with Crippen molar-refractivity contribution in [3.63, 3.8) is 0 Å². The summed E-state index contributed by atoms with van der Waals surface area (Å²) in [5, 5.41) is 4.02. The summed E-state index contributed by atoms with van der Waals surface area (Å²) in [5.74, 6) is 1.53. The number of nitrogens with zero attached hydrogens (tertiary/aromatic N) is 2. The van der Waals surface area contributed by atoms with Crippen LogP contribution in [0, 0.1) is 0 Å². The third-order valence-electron chi connectivity index (χ3n) is 3.42. The number of nitrogens with two attached hydrogens (primary N) is 1. The van der Waals surface area contributed by atoms with E-state index in [1.54, 1.807) is 0 Å². The fourth-order valence-corrected chi connectivity index (χ4v) is 1.83. The maximum Gasteiger partial charge on any atom is 0.234 e. The molecule has 0 spiro atoms. The standard InChI is InChI=1S/C12H23N3O/c1-4-7-8-10-14-11(16-15-10)12(5-2,6-3)9-13/h4-9,13H2,1-3H3. The first-order valence-electron chi connectivity index (χ1n) is 6.25. The zero-order chi connectivity index (χ0) is 12.0. The highest BCUT2D eigenvalue weighted by atomic mass is 16.5. The van der Waals surface area contributed by atoms with Gasteiger partial charge in [0.25, 0.3) is 0 Å². The summed E-state index contributed by atoms with van der Waals surface area (Å²) >= 11 is 0. The van der Waals surface area contributed by atoms with Crippen molar-refractivity contribution in [3.05, 3.63) is 11.7 Å². The van der Waals surface area contributed by atoms with E-state index in [4.69, 9.17) is 10.3 Å². The molecule has 92 valence electrons. The molecule has 0 aromatic carbocycles. The van der Waals surface area contributed by atoms with Crippen LogP contribution in [0.25, 0.3) is 0 Å². The van der Waals surface area contributed by atoms with Gasteiger partial charge in [0.2, 0.25) is 5.89 Å². The van der Waals surface area contributed by atoms with Crippen molar-refractivity contribution in [2.75, 3.05) is 6.54 Å². The molecule has 0 unspecified atom stereocenters. The third-order valence-corrected chi connectivity index (χ3v) is 3.42. The average molecular weight is 225 g/mol. The summed E-state index contributed by atoms with van der Waals surface area (Å²) in [6.45, 7) is 6.96. The van der Waals surface area contributed by atoms with Crippen molar-refractivity contribution in [2.45, 2.75) is 58.3 Å². The Hall–Kier alpha value is -0.900. The van der Waals surface area contributed by atoms with Gasteiger partial charge < -0.3 is 10.3 Å². The van der Waals surface area contributed by atoms with E-state index in [0.29, 0.717) is 12.4 Å². The molecule has 0 amide bonds. The minimum Gasteiger partial charge on any atom is -0.339 e. The second-order valence-electron chi connectivity index (χ2n) is 4.31. The largest absolute Gasteiger partial charge is 0.339 e. The monoisotopic (exact) mass is 225 g/mol. The second-order valence-corrected chi connectivity index (χ2v) is 4.31. The van der Waals surface area contributed by atoms with E-state index >= 15 is 0 Å². The smallest absolute Gasteiger partial charge is 0.234 e. The number of hydrogen-bond acceptors (Lipinski definition) is 4. The topological polar surface area (TPSA) is 64.9 Å². The molecule has 0 saturated carbocycles. The highest BCUT2D eigenvalue weighted by molar-refractivity contribution is 5.05. The fourth-order valence-electron chi connectivity index (χ4n) is 1.83. The third kappa shape index (κ3) is 2.61. The summed E-state index contributed by atoms with van der Waals surface area (Å²) in [7, 11) is 0. The summed E-state index contributed by atoms with van der Waals surface area (Å²) in [4.78, 5) is 4.47. The molecule has 0 aliphatic rings. The van der Waals surface area contributed by atoms with Gasteiger partial charge in [0.15, 0.2) is 5.82 Å². The van der Waals surface area contributed by atoms with E-state index < -0.39 is 0 Å². The maximum atomic E-state index is 5.84. The molecule has 16 heavy (non-hydrogen) atoms. The van der Waals surface area contributed by atoms with Crippen LogP contribution in [-0.4, -0.2) is 16.7 Å². The van der Waals surface area contributed by atoms with Gasteiger partial charge in [-0.15, -0.1) is 0 Å². The Morgan fingerprint density at radius 2 is 1.94 bits per heavy atom. The first-order chi connectivity index (χ1) is 7.72. The van der Waals surface area contributed by atoms with Gasteiger partial charge in [-0.3, -0.25) is 0 Å². The molecule has 4 heteroatoms. The zero-order valence-electron chi connectivity index (χ0n) is 10.6. The van der Waals surface area contributed by atoms with E-state index in [0.717, 1.165) is 37.9 Å². The van der Waals surface area contributed by atoms with Crippen LogP contribution in [0.1, 0.15) is 58.2 Å². The lowest BCUT2D eigenvalue weighted by Gasteiger charge is -2.24. The molecule has 0 atom stereocenters. The van der Waals surface area contributed by atoms with Crippen LogP contribution in [-0.2, 0) is 11.8 Å².